The van der Waals surface area contributed by atoms with Crippen LogP contribution >= 0.6 is 0 Å². The fourth-order valence-corrected chi connectivity index (χ4v) is 4.03. The standard InChI is InChI=1S/C18H27N3O/c1-20(18(22)13-15-7-6-10-19-14-15)16-8-2-3-9-17(16)21-11-4-5-12-21/h6-7,10,14,16-17H,2-5,8-9,11-13H2,1H3/t16-,17+/m1/s1. The molecular formula is C18H27N3O. The molecule has 4 heteroatoms. The summed E-state index contributed by atoms with van der Waals surface area (Å²) < 4.78 is 0. The fourth-order valence-electron chi connectivity index (χ4n) is 4.03. The van der Waals surface area contributed by atoms with Gasteiger partial charge in [0, 0.05) is 31.5 Å². The van der Waals surface area contributed by atoms with Gasteiger partial charge < -0.3 is 4.90 Å². The summed E-state index contributed by atoms with van der Waals surface area (Å²) in [5.74, 6) is 0.226. The predicted octanol–water partition coefficient (Wildman–Crippen LogP) is 2.49. The Morgan fingerprint density at radius 2 is 2.05 bits per heavy atom. The van der Waals surface area contributed by atoms with Gasteiger partial charge in [0.2, 0.25) is 5.91 Å². The fraction of sp³-hybridized carbons (Fsp3) is 0.667. The van der Waals surface area contributed by atoms with Crippen LogP contribution in [0.5, 0.6) is 0 Å². The number of aromatic nitrogens is 1. The second kappa shape index (κ2) is 7.23. The summed E-state index contributed by atoms with van der Waals surface area (Å²) in [5.41, 5.74) is 1.01. The first-order valence-electron chi connectivity index (χ1n) is 8.64. The van der Waals surface area contributed by atoms with Crippen molar-refractivity contribution >= 4 is 5.91 Å². The van der Waals surface area contributed by atoms with Crippen LogP contribution in [0.15, 0.2) is 24.5 Å². The van der Waals surface area contributed by atoms with Crippen molar-refractivity contribution in [3.8, 4) is 0 Å². The molecule has 2 fully saturated rings. The Morgan fingerprint density at radius 3 is 2.77 bits per heavy atom. The maximum atomic E-state index is 12.7. The monoisotopic (exact) mass is 301 g/mol. The highest BCUT2D eigenvalue weighted by Gasteiger charge is 2.35. The Kier molecular flexibility index (Phi) is 5.08. The molecule has 2 atom stereocenters. The molecule has 2 aliphatic rings. The number of carbonyl (C=O) groups excluding carboxylic acids is 1. The third-order valence-electron chi connectivity index (χ3n) is 5.27. The Morgan fingerprint density at radius 1 is 1.27 bits per heavy atom. The molecule has 0 aromatic carbocycles. The van der Waals surface area contributed by atoms with Crippen molar-refractivity contribution in [2.45, 2.75) is 57.0 Å². The van der Waals surface area contributed by atoms with E-state index in [1.807, 2.05) is 24.1 Å². The van der Waals surface area contributed by atoms with Crippen molar-refractivity contribution in [3.05, 3.63) is 30.1 Å². The summed E-state index contributed by atoms with van der Waals surface area (Å²) in [6, 6.07) is 4.84. The molecule has 1 aliphatic heterocycles. The van der Waals surface area contributed by atoms with Gasteiger partial charge in [-0.2, -0.15) is 0 Å². The SMILES string of the molecule is CN(C(=O)Cc1cccnc1)[C@@H]1CCCC[C@@H]1N1CCCC1. The minimum Gasteiger partial charge on any atom is -0.341 e. The van der Waals surface area contributed by atoms with Crippen molar-refractivity contribution in [1.29, 1.82) is 0 Å². The molecule has 3 rings (SSSR count). The van der Waals surface area contributed by atoms with Crippen LogP contribution in [-0.4, -0.2) is 52.9 Å². The molecular weight excluding hydrogens is 274 g/mol. The number of hydrogen-bond acceptors (Lipinski definition) is 3. The van der Waals surface area contributed by atoms with Gasteiger partial charge in [-0.05, 0) is 50.4 Å². The van der Waals surface area contributed by atoms with Gasteiger partial charge in [-0.15, -0.1) is 0 Å². The van der Waals surface area contributed by atoms with Crippen molar-refractivity contribution in [3.63, 3.8) is 0 Å². The molecule has 120 valence electrons. The molecule has 2 heterocycles. The highest BCUT2D eigenvalue weighted by molar-refractivity contribution is 5.78. The van der Waals surface area contributed by atoms with Gasteiger partial charge in [0.25, 0.3) is 0 Å². The van der Waals surface area contributed by atoms with Crippen molar-refractivity contribution < 1.29 is 4.79 Å². The summed E-state index contributed by atoms with van der Waals surface area (Å²) in [4.78, 5) is 21.4. The minimum atomic E-state index is 0.226. The molecule has 1 saturated heterocycles. The van der Waals surface area contributed by atoms with Crippen LogP contribution in [0.25, 0.3) is 0 Å². The zero-order valence-corrected chi connectivity index (χ0v) is 13.6. The Hall–Kier alpha value is -1.42. The molecule has 1 aromatic heterocycles. The van der Waals surface area contributed by atoms with Crippen molar-refractivity contribution in [2.24, 2.45) is 0 Å². The Bertz CT molecular complexity index is 484. The van der Waals surface area contributed by atoms with Gasteiger partial charge in [-0.3, -0.25) is 14.7 Å². The van der Waals surface area contributed by atoms with E-state index in [2.05, 4.69) is 9.88 Å². The van der Waals surface area contributed by atoms with E-state index in [0.29, 0.717) is 18.5 Å². The van der Waals surface area contributed by atoms with E-state index in [4.69, 9.17) is 0 Å². The van der Waals surface area contributed by atoms with E-state index in [0.717, 1.165) is 12.0 Å². The van der Waals surface area contributed by atoms with Gasteiger partial charge in [0.1, 0.15) is 0 Å². The van der Waals surface area contributed by atoms with Crippen LogP contribution in [0.3, 0.4) is 0 Å². The lowest BCUT2D eigenvalue weighted by Crippen LogP contribution is -2.53. The number of amides is 1. The van der Waals surface area contributed by atoms with E-state index in [-0.39, 0.29) is 5.91 Å². The van der Waals surface area contributed by atoms with Crippen LogP contribution < -0.4 is 0 Å². The van der Waals surface area contributed by atoms with Crippen molar-refractivity contribution in [2.75, 3.05) is 20.1 Å². The van der Waals surface area contributed by atoms with Crippen molar-refractivity contribution in [1.82, 2.24) is 14.8 Å². The first-order chi connectivity index (χ1) is 10.8. The van der Waals surface area contributed by atoms with E-state index in [1.54, 1.807) is 12.4 Å². The zero-order valence-electron chi connectivity index (χ0n) is 13.6. The van der Waals surface area contributed by atoms with E-state index in [9.17, 15) is 4.79 Å². The molecule has 1 aromatic rings. The number of likely N-dealkylation sites (tertiary alicyclic amines) is 1. The highest BCUT2D eigenvalue weighted by Crippen LogP contribution is 2.29. The summed E-state index contributed by atoms with van der Waals surface area (Å²) in [6.07, 6.45) is 11.6. The van der Waals surface area contributed by atoms with Crippen LogP contribution in [0.2, 0.25) is 0 Å². The normalized spacial score (nSPS) is 26.0. The Balaban J connectivity index is 1.65. The number of rotatable bonds is 4. The molecule has 1 amide bonds. The summed E-state index contributed by atoms with van der Waals surface area (Å²) in [5, 5.41) is 0. The van der Waals surface area contributed by atoms with Crippen LogP contribution in [0, 0.1) is 0 Å². The van der Waals surface area contributed by atoms with Gasteiger partial charge in [-0.25, -0.2) is 0 Å². The molecule has 0 radical (unpaired) electrons. The first kappa shape index (κ1) is 15.5. The topological polar surface area (TPSA) is 36.4 Å². The van der Waals surface area contributed by atoms with E-state index in [1.165, 1.54) is 45.2 Å². The third-order valence-corrected chi connectivity index (χ3v) is 5.27. The zero-order chi connectivity index (χ0) is 15.4. The van der Waals surface area contributed by atoms with Gasteiger partial charge in [-0.1, -0.05) is 18.9 Å². The quantitative estimate of drug-likeness (QED) is 0.857. The second-order valence-corrected chi connectivity index (χ2v) is 6.70. The molecule has 22 heavy (non-hydrogen) atoms. The summed E-state index contributed by atoms with van der Waals surface area (Å²) in [7, 11) is 2.00. The van der Waals surface area contributed by atoms with Crippen LogP contribution in [-0.2, 0) is 11.2 Å². The third kappa shape index (κ3) is 3.49. The van der Waals surface area contributed by atoms with E-state index >= 15 is 0 Å². The lowest BCUT2D eigenvalue weighted by Gasteiger charge is -2.42. The average molecular weight is 301 g/mol. The van der Waals surface area contributed by atoms with Gasteiger partial charge >= 0.3 is 0 Å². The maximum absolute atomic E-state index is 12.7. The number of nitrogens with zero attached hydrogens (tertiary/aromatic N) is 3. The smallest absolute Gasteiger partial charge is 0.227 e. The highest BCUT2D eigenvalue weighted by atomic mass is 16.2. The second-order valence-electron chi connectivity index (χ2n) is 6.70. The largest absolute Gasteiger partial charge is 0.341 e. The molecule has 0 bridgehead atoms. The lowest BCUT2D eigenvalue weighted by atomic mass is 9.88. The van der Waals surface area contributed by atoms with E-state index < -0.39 is 0 Å². The maximum Gasteiger partial charge on any atom is 0.227 e. The van der Waals surface area contributed by atoms with Gasteiger partial charge in [0.05, 0.1) is 6.42 Å². The molecule has 1 aliphatic carbocycles. The predicted molar refractivity (Wildman–Crippen MR) is 87.6 cm³/mol. The molecule has 4 nitrogen and oxygen atoms in total. The number of hydrogen-bond donors (Lipinski definition) is 0. The van der Waals surface area contributed by atoms with Crippen LogP contribution in [0.1, 0.15) is 44.1 Å². The minimum absolute atomic E-state index is 0.226. The number of pyridine rings is 1. The van der Waals surface area contributed by atoms with Gasteiger partial charge in [0.15, 0.2) is 0 Å². The van der Waals surface area contributed by atoms with Crippen LogP contribution in [0.4, 0.5) is 0 Å². The Labute approximate surface area is 133 Å². The molecule has 1 saturated carbocycles. The summed E-state index contributed by atoms with van der Waals surface area (Å²) >= 11 is 0. The number of likely N-dealkylation sites (N-methyl/N-ethyl adjacent to an activating group) is 1. The summed E-state index contributed by atoms with van der Waals surface area (Å²) in [6.45, 7) is 2.43. The number of carbonyl (C=O) groups is 1. The molecule has 0 spiro atoms. The average Bonchev–Trinajstić information content (AvgIpc) is 3.09. The lowest BCUT2D eigenvalue weighted by molar-refractivity contribution is -0.133. The molecule has 0 unspecified atom stereocenters. The first-order valence-corrected chi connectivity index (χ1v) is 8.64. The molecule has 0 N–H and O–H groups in total.